The summed E-state index contributed by atoms with van der Waals surface area (Å²) < 4.78 is 75.6. The molecule has 19 heavy (non-hydrogen) atoms. The smallest absolute Gasteiger partial charge is 0.320 e. The SMILES string of the molecule is [2H]C([2H])([2H])C([2H])(C(=O)OCC)C(=O)OCC.[2H]C([2H])([2H])C([2H])([2H])C(=O)OCC. The fraction of sp³-hybridized carbons (Fsp3) is 0.769. The maximum Gasteiger partial charge on any atom is 0.320 e. The normalized spacial score (nSPS) is 18.8. The van der Waals surface area contributed by atoms with Crippen LogP contribution < -0.4 is 0 Å². The molecule has 0 atom stereocenters. The average Bonchev–Trinajstić information content (AvgIpc) is 2.53. The lowest BCUT2D eigenvalue weighted by atomic mass is 10.2. The number of hydrogen-bond acceptors (Lipinski definition) is 6. The predicted octanol–water partition coefficient (Wildman–Crippen LogP) is 1.71. The molecule has 0 N–H and O–H groups in total. The standard InChI is InChI=1S/C8H14O4.C5H10O2/c1-4-11-7(9)6(3)8(10)12-5-2;1-3-5(6)7-4-2/h6H,4-5H2,1-3H3;3-4H2,1-2H3/i3D3,6D;1D3,3D2. The number of carbonyl (C=O) groups excluding carboxylic acids is 3. The average molecular weight is 285 g/mol. The van der Waals surface area contributed by atoms with E-state index in [0.29, 0.717) is 0 Å². The molecule has 0 amide bonds. The molecule has 0 fully saturated rings. The van der Waals surface area contributed by atoms with Crippen molar-refractivity contribution in [3.63, 3.8) is 0 Å². The van der Waals surface area contributed by atoms with E-state index < -0.39 is 43.9 Å². The summed E-state index contributed by atoms with van der Waals surface area (Å²) in [5.74, 6) is -7.20. The third-order valence-electron chi connectivity index (χ3n) is 1.34. The van der Waals surface area contributed by atoms with Gasteiger partial charge in [0.2, 0.25) is 0 Å². The molecule has 0 unspecified atom stereocenters. The first-order valence-electron chi connectivity index (χ1n) is 9.96. The molecule has 0 aromatic heterocycles. The van der Waals surface area contributed by atoms with E-state index in [0.717, 1.165) is 0 Å². The minimum absolute atomic E-state index is 0.0333. The van der Waals surface area contributed by atoms with Gasteiger partial charge in [0.05, 0.1) is 21.2 Å². The van der Waals surface area contributed by atoms with Crippen LogP contribution in [0.5, 0.6) is 0 Å². The fourth-order valence-electron chi connectivity index (χ4n) is 0.657. The maximum absolute atomic E-state index is 11.4. The molecular weight excluding hydrogens is 252 g/mol. The lowest BCUT2D eigenvalue weighted by Crippen LogP contribution is -2.25. The second-order valence-corrected chi connectivity index (χ2v) is 2.66. The molecule has 0 aromatic rings. The molecule has 0 rings (SSSR count). The summed E-state index contributed by atoms with van der Waals surface area (Å²) in [6.07, 6.45) is -2.91. The number of ether oxygens (including phenoxy) is 3. The molecule has 0 aliphatic carbocycles. The highest BCUT2D eigenvalue weighted by molar-refractivity contribution is 5.94. The summed E-state index contributed by atoms with van der Waals surface area (Å²) in [5, 5.41) is 0. The number of hydrogen-bond donors (Lipinski definition) is 0. The zero-order valence-corrected chi connectivity index (χ0v) is 11.1. The van der Waals surface area contributed by atoms with Crippen LogP contribution in [0.15, 0.2) is 0 Å². The Hall–Kier alpha value is -1.59. The molecule has 0 aliphatic rings. The Bertz CT molecular complexity index is 524. The van der Waals surface area contributed by atoms with Crippen molar-refractivity contribution in [2.45, 2.75) is 40.8 Å². The van der Waals surface area contributed by atoms with E-state index in [1.807, 2.05) is 0 Å². The second kappa shape index (κ2) is 12.9. The molecule has 0 radical (unpaired) electrons. The van der Waals surface area contributed by atoms with Crippen molar-refractivity contribution in [1.29, 1.82) is 0 Å². The highest BCUT2D eigenvalue weighted by Gasteiger charge is 2.23. The highest BCUT2D eigenvalue weighted by atomic mass is 16.6. The van der Waals surface area contributed by atoms with E-state index >= 15 is 0 Å². The first-order valence-corrected chi connectivity index (χ1v) is 5.46. The Morgan fingerprint density at radius 3 is 1.84 bits per heavy atom. The molecule has 0 saturated heterocycles. The van der Waals surface area contributed by atoms with Crippen LogP contribution in [0.1, 0.15) is 53.2 Å². The van der Waals surface area contributed by atoms with Gasteiger partial charge < -0.3 is 14.2 Å². The van der Waals surface area contributed by atoms with Crippen molar-refractivity contribution in [3.8, 4) is 0 Å². The van der Waals surface area contributed by atoms with Gasteiger partial charge in [0.1, 0.15) is 0 Å². The van der Waals surface area contributed by atoms with E-state index in [-0.39, 0.29) is 19.8 Å². The first kappa shape index (κ1) is 7.87. The lowest BCUT2D eigenvalue weighted by molar-refractivity contribution is -0.160. The van der Waals surface area contributed by atoms with E-state index in [2.05, 4.69) is 14.2 Å². The van der Waals surface area contributed by atoms with Gasteiger partial charge in [-0.3, -0.25) is 14.4 Å². The van der Waals surface area contributed by atoms with Gasteiger partial charge >= 0.3 is 17.9 Å². The molecule has 6 heteroatoms. The van der Waals surface area contributed by atoms with E-state index in [4.69, 9.17) is 12.3 Å². The molecular formula is C13H24O6. The van der Waals surface area contributed by atoms with Crippen LogP contribution in [0.4, 0.5) is 0 Å². The van der Waals surface area contributed by atoms with Crippen molar-refractivity contribution in [1.82, 2.24) is 0 Å². The Balaban J connectivity index is 0. The zero-order chi connectivity index (χ0) is 23.0. The van der Waals surface area contributed by atoms with Crippen LogP contribution in [0, 0.1) is 5.89 Å². The highest BCUT2D eigenvalue weighted by Crippen LogP contribution is 2.01. The van der Waals surface area contributed by atoms with Gasteiger partial charge in [-0.15, -0.1) is 0 Å². The molecule has 0 aromatic carbocycles. The number of carbonyl (C=O) groups is 3. The van der Waals surface area contributed by atoms with Gasteiger partial charge in [-0.2, -0.15) is 0 Å². The molecule has 112 valence electrons. The van der Waals surface area contributed by atoms with Crippen molar-refractivity contribution in [2.24, 2.45) is 5.89 Å². The van der Waals surface area contributed by atoms with Crippen molar-refractivity contribution in [3.05, 3.63) is 0 Å². The van der Waals surface area contributed by atoms with Crippen molar-refractivity contribution < 1.29 is 40.9 Å². The third kappa shape index (κ3) is 11.2. The first-order chi connectivity index (χ1) is 12.4. The molecule has 0 bridgehead atoms. The fourth-order valence-corrected chi connectivity index (χ4v) is 0.657. The van der Waals surface area contributed by atoms with Crippen molar-refractivity contribution in [2.75, 3.05) is 19.8 Å². The monoisotopic (exact) mass is 285 g/mol. The van der Waals surface area contributed by atoms with Crippen LogP contribution >= 0.6 is 0 Å². The summed E-state index contributed by atoms with van der Waals surface area (Å²) >= 11 is 0. The van der Waals surface area contributed by atoms with E-state index in [9.17, 15) is 14.4 Å². The Morgan fingerprint density at radius 2 is 1.53 bits per heavy atom. The van der Waals surface area contributed by atoms with Crippen LogP contribution in [-0.2, 0) is 28.6 Å². The largest absolute Gasteiger partial charge is 0.466 e. The lowest BCUT2D eigenvalue weighted by Gasteiger charge is -2.08. The summed E-state index contributed by atoms with van der Waals surface area (Å²) in [6, 6.07) is 0. The maximum atomic E-state index is 11.4. The van der Waals surface area contributed by atoms with Crippen LogP contribution in [0.2, 0.25) is 0 Å². The van der Waals surface area contributed by atoms with Gasteiger partial charge in [0, 0.05) is 17.3 Å². The van der Waals surface area contributed by atoms with Gasteiger partial charge in [-0.1, -0.05) is 6.85 Å². The van der Waals surface area contributed by atoms with Crippen LogP contribution in [-0.4, -0.2) is 37.7 Å². The molecule has 0 spiro atoms. The zero-order valence-electron chi connectivity index (χ0n) is 20.1. The van der Waals surface area contributed by atoms with Gasteiger partial charge in [-0.05, 0) is 27.6 Å². The minimum Gasteiger partial charge on any atom is -0.466 e. The van der Waals surface area contributed by atoms with E-state index in [1.54, 1.807) is 0 Å². The van der Waals surface area contributed by atoms with Gasteiger partial charge in [-0.25, -0.2) is 0 Å². The Morgan fingerprint density at radius 1 is 1.05 bits per heavy atom. The molecule has 0 saturated carbocycles. The Kier molecular flexibility index (Phi) is 5.32. The molecule has 0 heterocycles. The Labute approximate surface area is 127 Å². The molecule has 0 aliphatic heterocycles. The molecule has 6 nitrogen and oxygen atoms in total. The quantitative estimate of drug-likeness (QED) is 0.420. The predicted molar refractivity (Wildman–Crippen MR) is 69.4 cm³/mol. The van der Waals surface area contributed by atoms with Gasteiger partial charge in [0.15, 0.2) is 5.89 Å². The van der Waals surface area contributed by atoms with Crippen LogP contribution in [0.3, 0.4) is 0 Å². The number of rotatable bonds is 6. The summed E-state index contributed by atoms with van der Waals surface area (Å²) in [7, 11) is 0. The second-order valence-electron chi connectivity index (χ2n) is 2.66. The number of esters is 3. The topological polar surface area (TPSA) is 78.9 Å². The summed E-state index contributed by atoms with van der Waals surface area (Å²) in [5.41, 5.74) is 0. The van der Waals surface area contributed by atoms with Gasteiger partial charge in [0.25, 0.3) is 0 Å². The summed E-state index contributed by atoms with van der Waals surface area (Å²) in [4.78, 5) is 33.5. The van der Waals surface area contributed by atoms with Crippen LogP contribution in [0.25, 0.3) is 0 Å². The minimum atomic E-state index is -3.13. The summed E-state index contributed by atoms with van der Waals surface area (Å²) in [6.45, 7) is -2.00. The van der Waals surface area contributed by atoms with E-state index in [1.165, 1.54) is 20.8 Å². The third-order valence-corrected chi connectivity index (χ3v) is 1.34. The van der Waals surface area contributed by atoms with Crippen molar-refractivity contribution >= 4 is 17.9 Å².